The predicted octanol–water partition coefficient (Wildman–Crippen LogP) is 3.04. The second kappa shape index (κ2) is 6.48. The Balaban J connectivity index is 2.29. The molecule has 4 nitrogen and oxygen atoms in total. The van der Waals surface area contributed by atoms with Gasteiger partial charge in [0.25, 0.3) is 0 Å². The molecule has 1 aliphatic rings. The summed E-state index contributed by atoms with van der Waals surface area (Å²) in [4.78, 5) is 13.0. The molecule has 2 N–H and O–H groups in total. The molecule has 2 rings (SSSR count). The number of benzene rings is 1. The minimum absolute atomic E-state index is 0.137. The van der Waals surface area contributed by atoms with Gasteiger partial charge in [-0.15, -0.1) is 0 Å². The predicted molar refractivity (Wildman–Crippen MR) is 83.0 cm³/mol. The van der Waals surface area contributed by atoms with Crippen molar-refractivity contribution in [2.75, 3.05) is 20.8 Å². The second-order valence-electron chi connectivity index (χ2n) is 6.07. The molecule has 0 unspecified atom stereocenters. The number of rotatable bonds is 5. The summed E-state index contributed by atoms with van der Waals surface area (Å²) in [7, 11) is 3.16. The van der Waals surface area contributed by atoms with E-state index in [9.17, 15) is 4.79 Å². The molecule has 0 radical (unpaired) electrons. The number of hydrogen-bond donors (Lipinski definition) is 1. The third kappa shape index (κ3) is 3.05. The third-order valence-electron chi connectivity index (χ3n) is 4.75. The van der Waals surface area contributed by atoms with E-state index in [2.05, 4.69) is 6.92 Å². The number of hydrogen-bond acceptors (Lipinski definition) is 4. The van der Waals surface area contributed by atoms with Crippen molar-refractivity contribution in [1.29, 1.82) is 0 Å². The van der Waals surface area contributed by atoms with Crippen LogP contribution in [0.1, 0.15) is 43.0 Å². The van der Waals surface area contributed by atoms with Crippen molar-refractivity contribution < 1.29 is 14.3 Å². The summed E-state index contributed by atoms with van der Waals surface area (Å²) in [6, 6.07) is 5.34. The van der Waals surface area contributed by atoms with Gasteiger partial charge in [-0.05, 0) is 49.8 Å². The van der Waals surface area contributed by atoms with Gasteiger partial charge in [0.15, 0.2) is 17.3 Å². The zero-order chi connectivity index (χ0) is 15.5. The SMILES string of the molecule is COc1ccc(C(=O)C2(CN)CCC(C)CC2)cc1OC. The number of nitrogens with two attached hydrogens (primary N) is 1. The maximum Gasteiger partial charge on any atom is 0.170 e. The largest absolute Gasteiger partial charge is 0.493 e. The van der Waals surface area contributed by atoms with Crippen LogP contribution in [-0.4, -0.2) is 26.5 Å². The fourth-order valence-electron chi connectivity index (χ4n) is 3.12. The number of ketones is 1. The molecule has 0 heterocycles. The van der Waals surface area contributed by atoms with E-state index in [0.29, 0.717) is 29.5 Å². The van der Waals surface area contributed by atoms with Gasteiger partial charge in [0.05, 0.1) is 14.2 Å². The first-order valence-electron chi connectivity index (χ1n) is 7.53. The lowest BCUT2D eigenvalue weighted by molar-refractivity contribution is 0.0695. The van der Waals surface area contributed by atoms with Crippen molar-refractivity contribution >= 4 is 5.78 Å². The summed E-state index contributed by atoms with van der Waals surface area (Å²) in [5, 5.41) is 0. The van der Waals surface area contributed by atoms with E-state index >= 15 is 0 Å². The molecule has 1 aromatic rings. The molecule has 116 valence electrons. The zero-order valence-corrected chi connectivity index (χ0v) is 13.1. The molecular weight excluding hydrogens is 266 g/mol. The van der Waals surface area contributed by atoms with Crippen molar-refractivity contribution in [3.63, 3.8) is 0 Å². The molecule has 0 atom stereocenters. The Hall–Kier alpha value is -1.55. The number of carbonyl (C=O) groups is 1. The molecule has 0 bridgehead atoms. The lowest BCUT2D eigenvalue weighted by Gasteiger charge is -2.37. The normalized spacial score (nSPS) is 25.4. The number of methoxy groups -OCH3 is 2. The summed E-state index contributed by atoms with van der Waals surface area (Å²) in [6.45, 7) is 2.65. The Labute approximate surface area is 126 Å². The van der Waals surface area contributed by atoms with Gasteiger partial charge in [-0.1, -0.05) is 6.92 Å². The second-order valence-corrected chi connectivity index (χ2v) is 6.07. The highest BCUT2D eigenvalue weighted by Crippen LogP contribution is 2.41. The monoisotopic (exact) mass is 291 g/mol. The molecule has 0 amide bonds. The first-order chi connectivity index (χ1) is 10.1. The molecule has 0 aliphatic heterocycles. The van der Waals surface area contributed by atoms with Crippen LogP contribution in [-0.2, 0) is 0 Å². The van der Waals surface area contributed by atoms with Gasteiger partial charge in [0, 0.05) is 17.5 Å². The van der Waals surface area contributed by atoms with Gasteiger partial charge in [0.2, 0.25) is 0 Å². The highest BCUT2D eigenvalue weighted by Gasteiger charge is 2.40. The topological polar surface area (TPSA) is 61.5 Å². The molecule has 0 spiro atoms. The molecule has 1 saturated carbocycles. The van der Waals surface area contributed by atoms with Crippen molar-refractivity contribution in [2.24, 2.45) is 17.1 Å². The summed E-state index contributed by atoms with van der Waals surface area (Å²) >= 11 is 0. The van der Waals surface area contributed by atoms with Gasteiger partial charge in [0.1, 0.15) is 0 Å². The number of carbonyl (C=O) groups excluding carboxylic acids is 1. The Morgan fingerprint density at radius 2 is 1.86 bits per heavy atom. The van der Waals surface area contributed by atoms with Crippen molar-refractivity contribution in [3.05, 3.63) is 23.8 Å². The van der Waals surface area contributed by atoms with Crippen LogP contribution in [0.4, 0.5) is 0 Å². The standard InChI is InChI=1S/C17H25NO3/c1-12-6-8-17(11-18,9-7-12)16(19)13-4-5-14(20-2)15(10-13)21-3/h4-5,10,12H,6-9,11,18H2,1-3H3. The van der Waals surface area contributed by atoms with E-state index in [4.69, 9.17) is 15.2 Å². The molecule has 0 saturated heterocycles. The average molecular weight is 291 g/mol. The van der Waals surface area contributed by atoms with E-state index in [1.54, 1.807) is 32.4 Å². The van der Waals surface area contributed by atoms with Crippen molar-refractivity contribution in [3.8, 4) is 11.5 Å². The Bertz CT molecular complexity index is 505. The summed E-state index contributed by atoms with van der Waals surface area (Å²) in [6.07, 6.45) is 3.88. The Kier molecular flexibility index (Phi) is 4.88. The van der Waals surface area contributed by atoms with E-state index in [1.807, 2.05) is 0 Å². The molecule has 21 heavy (non-hydrogen) atoms. The fraction of sp³-hybridized carbons (Fsp3) is 0.588. The fourth-order valence-corrected chi connectivity index (χ4v) is 3.12. The summed E-state index contributed by atoms with van der Waals surface area (Å²) in [5.74, 6) is 2.04. The lowest BCUT2D eigenvalue weighted by Crippen LogP contribution is -2.41. The van der Waals surface area contributed by atoms with Crippen molar-refractivity contribution in [2.45, 2.75) is 32.6 Å². The Morgan fingerprint density at radius 3 is 2.38 bits per heavy atom. The van der Waals surface area contributed by atoms with Crippen LogP contribution < -0.4 is 15.2 Å². The number of ether oxygens (including phenoxy) is 2. The Morgan fingerprint density at radius 1 is 1.24 bits per heavy atom. The summed E-state index contributed by atoms with van der Waals surface area (Å²) in [5.41, 5.74) is 6.22. The molecule has 1 aliphatic carbocycles. The molecule has 1 fully saturated rings. The smallest absolute Gasteiger partial charge is 0.170 e. The van der Waals surface area contributed by atoms with Crippen LogP contribution in [0.3, 0.4) is 0 Å². The van der Waals surface area contributed by atoms with Gasteiger partial charge in [-0.3, -0.25) is 4.79 Å². The van der Waals surface area contributed by atoms with Crippen LogP contribution in [0.15, 0.2) is 18.2 Å². The molecule has 4 heteroatoms. The van der Waals surface area contributed by atoms with Gasteiger partial charge in [-0.2, -0.15) is 0 Å². The van der Waals surface area contributed by atoms with Crippen LogP contribution in [0.5, 0.6) is 11.5 Å². The van der Waals surface area contributed by atoms with Crippen LogP contribution in [0.2, 0.25) is 0 Å². The molecular formula is C17H25NO3. The first kappa shape index (κ1) is 15.8. The molecule has 1 aromatic carbocycles. The summed E-state index contributed by atoms with van der Waals surface area (Å²) < 4.78 is 10.5. The first-order valence-corrected chi connectivity index (χ1v) is 7.53. The maximum atomic E-state index is 13.0. The highest BCUT2D eigenvalue weighted by atomic mass is 16.5. The maximum absolute atomic E-state index is 13.0. The minimum Gasteiger partial charge on any atom is -0.493 e. The minimum atomic E-state index is -0.411. The zero-order valence-electron chi connectivity index (χ0n) is 13.1. The number of Topliss-reactive ketones (excluding diaryl/α,β-unsaturated/α-hetero) is 1. The van der Waals surface area contributed by atoms with Gasteiger partial charge < -0.3 is 15.2 Å². The van der Waals surface area contributed by atoms with Crippen LogP contribution in [0, 0.1) is 11.3 Å². The van der Waals surface area contributed by atoms with E-state index in [-0.39, 0.29) is 5.78 Å². The highest BCUT2D eigenvalue weighted by molar-refractivity contribution is 6.01. The van der Waals surface area contributed by atoms with Crippen molar-refractivity contribution in [1.82, 2.24) is 0 Å². The van der Waals surface area contributed by atoms with Gasteiger partial charge in [-0.25, -0.2) is 0 Å². The van der Waals surface area contributed by atoms with E-state index in [0.717, 1.165) is 25.7 Å². The third-order valence-corrected chi connectivity index (χ3v) is 4.75. The van der Waals surface area contributed by atoms with Crippen LogP contribution in [0.25, 0.3) is 0 Å². The van der Waals surface area contributed by atoms with E-state index in [1.165, 1.54) is 0 Å². The van der Waals surface area contributed by atoms with Gasteiger partial charge >= 0.3 is 0 Å². The molecule has 0 aromatic heterocycles. The average Bonchev–Trinajstić information content (AvgIpc) is 2.54. The van der Waals surface area contributed by atoms with Crippen LogP contribution >= 0.6 is 0 Å². The quantitative estimate of drug-likeness (QED) is 0.847. The van der Waals surface area contributed by atoms with E-state index < -0.39 is 5.41 Å². The lowest BCUT2D eigenvalue weighted by atomic mass is 9.67.